The van der Waals surface area contributed by atoms with Crippen molar-refractivity contribution in [3.8, 4) is 11.1 Å². The van der Waals surface area contributed by atoms with Crippen LogP contribution in [0, 0.1) is 5.92 Å². The van der Waals surface area contributed by atoms with E-state index in [1.165, 1.54) is 32.1 Å². The second-order valence-electron chi connectivity index (χ2n) is 6.05. The quantitative estimate of drug-likeness (QED) is 0.884. The minimum atomic E-state index is 0.763. The molecule has 2 aromatic rings. The number of nitrogens with two attached hydrogens (primary N) is 1. The first-order chi connectivity index (χ1) is 10.1. The molecule has 3 nitrogen and oxygen atoms in total. The van der Waals surface area contributed by atoms with E-state index in [1.807, 2.05) is 17.8 Å². The summed E-state index contributed by atoms with van der Waals surface area (Å²) in [5, 5.41) is 4.69. The molecule has 1 heterocycles. The maximum absolute atomic E-state index is 6.28. The van der Waals surface area contributed by atoms with Gasteiger partial charge in [0.1, 0.15) is 5.82 Å². The van der Waals surface area contributed by atoms with Gasteiger partial charge in [0, 0.05) is 17.1 Å². The zero-order valence-corrected chi connectivity index (χ0v) is 14.1. The largest absolute Gasteiger partial charge is 0.383 e. The number of hydrogen-bond acceptors (Lipinski definition) is 2. The van der Waals surface area contributed by atoms with E-state index in [0.29, 0.717) is 0 Å². The second-order valence-corrected chi connectivity index (χ2v) is 6.96. The van der Waals surface area contributed by atoms with Gasteiger partial charge in [-0.05, 0) is 30.0 Å². The Morgan fingerprint density at radius 1 is 1.29 bits per heavy atom. The van der Waals surface area contributed by atoms with Crippen molar-refractivity contribution in [1.82, 2.24) is 9.78 Å². The van der Waals surface area contributed by atoms with Gasteiger partial charge < -0.3 is 5.73 Å². The molecule has 1 aromatic heterocycles. The SMILES string of the molecule is Cn1nc(CC2CCCCC2)c(-c2cccc(Br)c2)c1N. The maximum atomic E-state index is 6.28. The summed E-state index contributed by atoms with van der Waals surface area (Å²) in [6.07, 6.45) is 7.81. The highest BCUT2D eigenvalue weighted by molar-refractivity contribution is 9.10. The Morgan fingerprint density at radius 2 is 2.05 bits per heavy atom. The van der Waals surface area contributed by atoms with E-state index in [0.717, 1.165) is 39.5 Å². The Hall–Kier alpha value is -1.29. The molecule has 0 radical (unpaired) electrons. The first kappa shape index (κ1) is 14.6. The van der Waals surface area contributed by atoms with Crippen molar-refractivity contribution >= 4 is 21.7 Å². The van der Waals surface area contributed by atoms with Crippen molar-refractivity contribution in [2.24, 2.45) is 13.0 Å². The third kappa shape index (κ3) is 3.15. The molecule has 0 bridgehead atoms. The van der Waals surface area contributed by atoms with Crippen LogP contribution in [-0.2, 0) is 13.5 Å². The van der Waals surface area contributed by atoms with E-state index in [-0.39, 0.29) is 0 Å². The molecule has 1 fully saturated rings. The lowest BCUT2D eigenvalue weighted by atomic mass is 9.85. The molecule has 0 spiro atoms. The molecule has 1 aliphatic rings. The summed E-state index contributed by atoms with van der Waals surface area (Å²) in [7, 11) is 1.93. The number of halogens is 1. The van der Waals surface area contributed by atoms with E-state index >= 15 is 0 Å². The minimum Gasteiger partial charge on any atom is -0.383 e. The Morgan fingerprint density at radius 3 is 2.76 bits per heavy atom. The van der Waals surface area contributed by atoms with E-state index < -0.39 is 0 Å². The maximum Gasteiger partial charge on any atom is 0.129 e. The molecule has 0 aliphatic heterocycles. The fourth-order valence-corrected chi connectivity index (χ4v) is 3.76. The van der Waals surface area contributed by atoms with Crippen molar-refractivity contribution in [3.63, 3.8) is 0 Å². The highest BCUT2D eigenvalue weighted by Crippen LogP contribution is 2.34. The molecule has 112 valence electrons. The number of benzene rings is 1. The first-order valence-corrected chi connectivity index (χ1v) is 8.51. The molecular formula is C17H22BrN3. The molecule has 0 atom stereocenters. The Balaban J connectivity index is 1.95. The molecule has 1 saturated carbocycles. The predicted molar refractivity (Wildman–Crippen MR) is 91.0 cm³/mol. The van der Waals surface area contributed by atoms with Crippen LogP contribution in [0.1, 0.15) is 37.8 Å². The molecule has 0 saturated heterocycles. The monoisotopic (exact) mass is 347 g/mol. The molecule has 21 heavy (non-hydrogen) atoms. The van der Waals surface area contributed by atoms with Crippen LogP contribution in [0.25, 0.3) is 11.1 Å². The summed E-state index contributed by atoms with van der Waals surface area (Å²) in [6, 6.07) is 8.33. The van der Waals surface area contributed by atoms with Gasteiger partial charge in [-0.25, -0.2) is 0 Å². The summed E-state index contributed by atoms with van der Waals surface area (Å²) in [4.78, 5) is 0. The van der Waals surface area contributed by atoms with Crippen LogP contribution < -0.4 is 5.73 Å². The zero-order chi connectivity index (χ0) is 14.8. The van der Waals surface area contributed by atoms with Crippen molar-refractivity contribution in [2.45, 2.75) is 38.5 Å². The van der Waals surface area contributed by atoms with Gasteiger partial charge in [0.05, 0.1) is 5.69 Å². The molecule has 3 rings (SSSR count). The number of nitrogens with zero attached hydrogens (tertiary/aromatic N) is 2. The summed E-state index contributed by atoms with van der Waals surface area (Å²) < 4.78 is 2.89. The van der Waals surface area contributed by atoms with Gasteiger partial charge >= 0.3 is 0 Å². The standard InChI is InChI=1S/C17H22BrN3/c1-21-17(19)16(13-8-5-9-14(18)11-13)15(20-21)10-12-6-3-2-4-7-12/h5,8-9,11-12H,2-4,6-7,10,19H2,1H3. The minimum absolute atomic E-state index is 0.763. The van der Waals surface area contributed by atoms with Gasteiger partial charge in [-0.15, -0.1) is 0 Å². The van der Waals surface area contributed by atoms with Gasteiger partial charge in [0.25, 0.3) is 0 Å². The van der Waals surface area contributed by atoms with E-state index in [9.17, 15) is 0 Å². The zero-order valence-electron chi connectivity index (χ0n) is 12.5. The van der Waals surface area contributed by atoms with Gasteiger partial charge in [0.2, 0.25) is 0 Å². The number of rotatable bonds is 3. The fourth-order valence-electron chi connectivity index (χ4n) is 3.36. The number of hydrogen-bond donors (Lipinski definition) is 1. The van der Waals surface area contributed by atoms with E-state index in [1.54, 1.807) is 0 Å². The highest BCUT2D eigenvalue weighted by Gasteiger charge is 2.21. The molecule has 0 unspecified atom stereocenters. The number of aromatic nitrogens is 2. The van der Waals surface area contributed by atoms with Crippen molar-refractivity contribution in [3.05, 3.63) is 34.4 Å². The highest BCUT2D eigenvalue weighted by atomic mass is 79.9. The van der Waals surface area contributed by atoms with Gasteiger partial charge in [-0.1, -0.05) is 60.2 Å². The van der Waals surface area contributed by atoms with Crippen LogP contribution in [0.4, 0.5) is 5.82 Å². The average Bonchev–Trinajstić information content (AvgIpc) is 2.75. The summed E-state index contributed by atoms with van der Waals surface area (Å²) >= 11 is 3.55. The first-order valence-electron chi connectivity index (χ1n) is 7.72. The van der Waals surface area contributed by atoms with E-state index in [4.69, 9.17) is 5.73 Å². The normalized spacial score (nSPS) is 16.3. The van der Waals surface area contributed by atoms with Crippen LogP contribution in [0.3, 0.4) is 0 Å². The van der Waals surface area contributed by atoms with Gasteiger partial charge in [-0.3, -0.25) is 4.68 Å². The van der Waals surface area contributed by atoms with Crippen LogP contribution in [-0.4, -0.2) is 9.78 Å². The number of nitrogen functional groups attached to an aromatic ring is 1. The smallest absolute Gasteiger partial charge is 0.129 e. The van der Waals surface area contributed by atoms with Gasteiger partial charge in [0.15, 0.2) is 0 Å². The molecule has 1 aromatic carbocycles. The number of aryl methyl sites for hydroxylation is 1. The van der Waals surface area contributed by atoms with Crippen molar-refractivity contribution in [2.75, 3.05) is 5.73 Å². The van der Waals surface area contributed by atoms with Crippen molar-refractivity contribution < 1.29 is 0 Å². The Bertz CT molecular complexity index is 627. The molecule has 4 heteroatoms. The second kappa shape index (κ2) is 6.22. The van der Waals surface area contributed by atoms with E-state index in [2.05, 4.69) is 39.2 Å². The lowest BCUT2D eigenvalue weighted by Gasteiger charge is -2.21. The third-order valence-electron chi connectivity index (χ3n) is 4.48. The Labute approximate surface area is 134 Å². The van der Waals surface area contributed by atoms with Gasteiger partial charge in [-0.2, -0.15) is 5.10 Å². The Kier molecular flexibility index (Phi) is 4.34. The van der Waals surface area contributed by atoms with Crippen LogP contribution in [0.5, 0.6) is 0 Å². The molecule has 0 amide bonds. The van der Waals surface area contributed by atoms with Crippen LogP contribution in [0.2, 0.25) is 0 Å². The van der Waals surface area contributed by atoms with Crippen LogP contribution in [0.15, 0.2) is 28.7 Å². The lowest BCUT2D eigenvalue weighted by Crippen LogP contribution is -2.10. The predicted octanol–water partition coefficient (Wildman–Crippen LogP) is 4.55. The van der Waals surface area contributed by atoms with Crippen molar-refractivity contribution in [1.29, 1.82) is 0 Å². The number of anilines is 1. The summed E-state index contributed by atoms with van der Waals surface area (Å²) in [5.41, 5.74) is 9.70. The molecular weight excluding hydrogens is 326 g/mol. The molecule has 1 aliphatic carbocycles. The summed E-state index contributed by atoms with van der Waals surface area (Å²) in [5.74, 6) is 1.53. The topological polar surface area (TPSA) is 43.8 Å². The third-order valence-corrected chi connectivity index (χ3v) is 4.98. The fraction of sp³-hybridized carbons (Fsp3) is 0.471. The van der Waals surface area contributed by atoms with Crippen LogP contribution >= 0.6 is 15.9 Å². The molecule has 2 N–H and O–H groups in total. The average molecular weight is 348 g/mol. The lowest BCUT2D eigenvalue weighted by molar-refractivity contribution is 0.354. The summed E-state index contributed by atoms with van der Waals surface area (Å²) in [6.45, 7) is 0.